The maximum absolute atomic E-state index is 5.14. The quantitative estimate of drug-likeness (QED) is 0.759. The summed E-state index contributed by atoms with van der Waals surface area (Å²) >= 11 is 0. The lowest BCUT2D eigenvalue weighted by Gasteiger charge is -2.28. The van der Waals surface area contributed by atoms with Crippen LogP contribution >= 0.6 is 0 Å². The van der Waals surface area contributed by atoms with Crippen molar-refractivity contribution >= 4 is 11.9 Å². The van der Waals surface area contributed by atoms with Gasteiger partial charge in [0.25, 0.3) is 0 Å². The molecule has 1 unspecified atom stereocenters. The molecular formula is C12H23N5O2. The van der Waals surface area contributed by atoms with Gasteiger partial charge < -0.3 is 19.7 Å². The molecule has 1 aromatic heterocycles. The SMILES string of the molecule is CCC(C)N(CCOC)c1nc(NC)nc(OC)n1. The smallest absolute Gasteiger partial charge is 0.322 e. The Morgan fingerprint density at radius 1 is 1.26 bits per heavy atom. The largest absolute Gasteiger partial charge is 0.467 e. The van der Waals surface area contributed by atoms with Gasteiger partial charge in [-0.25, -0.2) is 0 Å². The van der Waals surface area contributed by atoms with Crippen LogP contribution in [0.25, 0.3) is 0 Å². The van der Waals surface area contributed by atoms with Crippen LogP contribution in [0.4, 0.5) is 11.9 Å². The normalized spacial score (nSPS) is 12.1. The van der Waals surface area contributed by atoms with E-state index in [0.717, 1.165) is 13.0 Å². The maximum atomic E-state index is 5.14. The van der Waals surface area contributed by atoms with E-state index in [4.69, 9.17) is 9.47 Å². The lowest BCUT2D eigenvalue weighted by molar-refractivity contribution is 0.202. The van der Waals surface area contributed by atoms with Crippen LogP contribution in [0, 0.1) is 0 Å². The Morgan fingerprint density at radius 2 is 2.00 bits per heavy atom. The van der Waals surface area contributed by atoms with Gasteiger partial charge in [0.15, 0.2) is 0 Å². The van der Waals surface area contributed by atoms with E-state index in [1.807, 2.05) is 0 Å². The lowest BCUT2D eigenvalue weighted by Crippen LogP contribution is -2.37. The molecule has 7 heteroatoms. The van der Waals surface area contributed by atoms with Crippen molar-refractivity contribution < 1.29 is 9.47 Å². The zero-order chi connectivity index (χ0) is 14.3. The summed E-state index contributed by atoms with van der Waals surface area (Å²) in [6.07, 6.45) is 0.993. The highest BCUT2D eigenvalue weighted by Gasteiger charge is 2.18. The topological polar surface area (TPSA) is 72.4 Å². The number of nitrogens with one attached hydrogen (secondary N) is 1. The number of hydrogen-bond donors (Lipinski definition) is 1. The average Bonchev–Trinajstić information content (AvgIpc) is 2.46. The Morgan fingerprint density at radius 3 is 2.53 bits per heavy atom. The third-order valence-corrected chi connectivity index (χ3v) is 2.93. The number of anilines is 2. The predicted octanol–water partition coefficient (Wildman–Crippen LogP) is 1.17. The molecule has 19 heavy (non-hydrogen) atoms. The lowest BCUT2D eigenvalue weighted by atomic mass is 10.2. The number of nitrogens with zero attached hydrogens (tertiary/aromatic N) is 4. The molecule has 1 heterocycles. The minimum absolute atomic E-state index is 0.306. The van der Waals surface area contributed by atoms with Gasteiger partial charge in [-0.1, -0.05) is 6.92 Å². The molecule has 1 atom stereocenters. The summed E-state index contributed by atoms with van der Waals surface area (Å²) in [7, 11) is 4.99. The summed E-state index contributed by atoms with van der Waals surface area (Å²) in [4.78, 5) is 14.9. The summed E-state index contributed by atoms with van der Waals surface area (Å²) in [6.45, 7) is 5.60. The van der Waals surface area contributed by atoms with Crippen molar-refractivity contribution in [3.63, 3.8) is 0 Å². The number of ether oxygens (including phenoxy) is 2. The third-order valence-electron chi connectivity index (χ3n) is 2.93. The molecule has 0 amide bonds. The molecule has 108 valence electrons. The number of methoxy groups -OCH3 is 2. The van der Waals surface area contributed by atoms with Crippen molar-refractivity contribution in [1.29, 1.82) is 0 Å². The van der Waals surface area contributed by atoms with Crippen LogP contribution in [0.1, 0.15) is 20.3 Å². The first-order valence-corrected chi connectivity index (χ1v) is 6.39. The minimum atomic E-state index is 0.306. The van der Waals surface area contributed by atoms with Gasteiger partial charge in [-0.3, -0.25) is 0 Å². The Labute approximate surface area is 114 Å². The molecule has 0 aliphatic rings. The van der Waals surface area contributed by atoms with Crippen LogP contribution in [0.5, 0.6) is 6.01 Å². The predicted molar refractivity (Wildman–Crippen MR) is 74.9 cm³/mol. The van der Waals surface area contributed by atoms with Crippen molar-refractivity contribution in [2.75, 3.05) is 44.6 Å². The standard InChI is InChI=1S/C12H23N5O2/c1-6-9(2)17(7-8-18-4)11-14-10(13-3)15-12(16-11)19-5/h9H,6-8H2,1-5H3,(H,13,14,15,16). The fraction of sp³-hybridized carbons (Fsp3) is 0.750. The van der Waals surface area contributed by atoms with Crippen LogP contribution in [-0.2, 0) is 4.74 Å². The Balaban J connectivity index is 3.05. The van der Waals surface area contributed by atoms with E-state index in [-0.39, 0.29) is 0 Å². The van der Waals surface area contributed by atoms with Crippen molar-refractivity contribution in [1.82, 2.24) is 15.0 Å². The zero-order valence-corrected chi connectivity index (χ0v) is 12.3. The van der Waals surface area contributed by atoms with Crippen LogP contribution in [0.15, 0.2) is 0 Å². The van der Waals surface area contributed by atoms with E-state index in [1.54, 1.807) is 21.3 Å². The Hall–Kier alpha value is -1.63. The Kier molecular flexibility index (Phi) is 6.27. The van der Waals surface area contributed by atoms with Gasteiger partial charge in [0, 0.05) is 26.7 Å². The van der Waals surface area contributed by atoms with Crippen molar-refractivity contribution in [2.24, 2.45) is 0 Å². The fourth-order valence-corrected chi connectivity index (χ4v) is 1.60. The first-order valence-electron chi connectivity index (χ1n) is 6.39. The van der Waals surface area contributed by atoms with Crippen molar-refractivity contribution in [2.45, 2.75) is 26.3 Å². The van der Waals surface area contributed by atoms with E-state index in [0.29, 0.717) is 30.6 Å². The highest BCUT2D eigenvalue weighted by atomic mass is 16.5. The van der Waals surface area contributed by atoms with Gasteiger partial charge in [-0.2, -0.15) is 15.0 Å². The van der Waals surface area contributed by atoms with Gasteiger partial charge in [-0.05, 0) is 13.3 Å². The van der Waals surface area contributed by atoms with E-state index in [2.05, 4.69) is 39.0 Å². The molecule has 0 fully saturated rings. The van der Waals surface area contributed by atoms with E-state index >= 15 is 0 Å². The molecule has 0 aliphatic carbocycles. The second kappa shape index (κ2) is 7.73. The average molecular weight is 269 g/mol. The van der Waals surface area contributed by atoms with Gasteiger partial charge in [0.05, 0.1) is 13.7 Å². The Bertz CT molecular complexity index is 366. The molecule has 7 nitrogen and oxygen atoms in total. The molecule has 1 aromatic rings. The molecule has 0 saturated carbocycles. The number of rotatable bonds is 8. The molecule has 0 bridgehead atoms. The van der Waals surface area contributed by atoms with Crippen LogP contribution in [0.2, 0.25) is 0 Å². The molecular weight excluding hydrogens is 246 g/mol. The van der Waals surface area contributed by atoms with E-state index in [9.17, 15) is 0 Å². The monoisotopic (exact) mass is 269 g/mol. The highest BCUT2D eigenvalue weighted by molar-refractivity contribution is 5.38. The minimum Gasteiger partial charge on any atom is -0.467 e. The third kappa shape index (κ3) is 4.20. The molecule has 1 rings (SSSR count). The summed E-state index contributed by atoms with van der Waals surface area (Å²) in [5.41, 5.74) is 0. The second-order valence-corrected chi connectivity index (χ2v) is 4.14. The summed E-state index contributed by atoms with van der Waals surface area (Å²) in [5, 5.41) is 2.91. The van der Waals surface area contributed by atoms with Crippen molar-refractivity contribution in [3.8, 4) is 6.01 Å². The first kappa shape index (κ1) is 15.4. The zero-order valence-electron chi connectivity index (χ0n) is 12.3. The molecule has 0 spiro atoms. The van der Waals surface area contributed by atoms with Gasteiger partial charge >= 0.3 is 6.01 Å². The van der Waals surface area contributed by atoms with Gasteiger partial charge in [0.2, 0.25) is 11.9 Å². The van der Waals surface area contributed by atoms with Crippen LogP contribution in [0.3, 0.4) is 0 Å². The summed E-state index contributed by atoms with van der Waals surface area (Å²) in [5.74, 6) is 1.09. The van der Waals surface area contributed by atoms with Gasteiger partial charge in [0.1, 0.15) is 0 Å². The number of hydrogen-bond acceptors (Lipinski definition) is 7. The second-order valence-electron chi connectivity index (χ2n) is 4.14. The molecule has 0 saturated heterocycles. The van der Waals surface area contributed by atoms with E-state index < -0.39 is 0 Å². The first-order chi connectivity index (χ1) is 9.15. The number of aromatic nitrogens is 3. The van der Waals surface area contributed by atoms with E-state index in [1.165, 1.54) is 0 Å². The van der Waals surface area contributed by atoms with Gasteiger partial charge in [-0.15, -0.1) is 0 Å². The molecule has 0 radical (unpaired) electrons. The summed E-state index contributed by atoms with van der Waals surface area (Å²) in [6, 6.07) is 0.618. The summed E-state index contributed by atoms with van der Waals surface area (Å²) < 4.78 is 10.2. The molecule has 0 aromatic carbocycles. The maximum Gasteiger partial charge on any atom is 0.322 e. The highest BCUT2D eigenvalue weighted by Crippen LogP contribution is 2.17. The fourth-order valence-electron chi connectivity index (χ4n) is 1.60. The van der Waals surface area contributed by atoms with Crippen LogP contribution < -0.4 is 15.0 Å². The molecule has 0 aliphatic heterocycles. The van der Waals surface area contributed by atoms with Crippen molar-refractivity contribution in [3.05, 3.63) is 0 Å². The molecule has 1 N–H and O–H groups in total. The van der Waals surface area contributed by atoms with Crippen LogP contribution in [-0.4, -0.2) is 55.4 Å².